The van der Waals surface area contributed by atoms with Crippen molar-refractivity contribution in [3.05, 3.63) is 0 Å². The van der Waals surface area contributed by atoms with Crippen molar-refractivity contribution in [3.63, 3.8) is 0 Å². The van der Waals surface area contributed by atoms with E-state index in [1.165, 1.54) is 23.5 Å². The summed E-state index contributed by atoms with van der Waals surface area (Å²) in [4.78, 5) is 0. The molecule has 1 spiro atoms. The predicted molar refractivity (Wildman–Crippen MR) is 46.2 cm³/mol. The molecule has 2 aliphatic carbocycles. The molecule has 0 aromatic heterocycles. The second kappa shape index (κ2) is 1.97. The quantitative estimate of drug-likeness (QED) is 0.664. The van der Waals surface area contributed by atoms with Gasteiger partial charge in [0.05, 0.1) is 0 Å². The summed E-state index contributed by atoms with van der Waals surface area (Å²) in [5.74, 6) is 2.06. The zero-order chi connectivity index (χ0) is 6.48. The first-order valence-corrected chi connectivity index (χ1v) is 5.69. The van der Waals surface area contributed by atoms with Gasteiger partial charge in [-0.3, -0.25) is 0 Å². The van der Waals surface area contributed by atoms with E-state index in [4.69, 9.17) is 0 Å². The lowest BCUT2D eigenvalue weighted by Gasteiger charge is -1.87. The summed E-state index contributed by atoms with van der Waals surface area (Å²) < 4.78 is 0. The fourth-order valence-corrected chi connectivity index (χ4v) is 3.71. The molecule has 0 aliphatic heterocycles. The SMILES string of the molecule is BrC[C@@H]1CC12C[C@@H]2CBr. The van der Waals surface area contributed by atoms with Crippen LogP contribution in [0.2, 0.25) is 0 Å². The van der Waals surface area contributed by atoms with E-state index in [0.717, 1.165) is 17.3 Å². The zero-order valence-corrected chi connectivity index (χ0v) is 8.41. The molecule has 0 aromatic carbocycles. The van der Waals surface area contributed by atoms with Crippen molar-refractivity contribution in [1.29, 1.82) is 0 Å². The Balaban J connectivity index is 1.90. The predicted octanol–water partition coefficient (Wildman–Crippen LogP) is 2.80. The lowest BCUT2D eigenvalue weighted by Crippen LogP contribution is -1.86. The molecule has 0 aromatic rings. The Labute approximate surface area is 72.7 Å². The maximum atomic E-state index is 3.53. The van der Waals surface area contributed by atoms with Crippen LogP contribution in [0.25, 0.3) is 0 Å². The molecule has 2 fully saturated rings. The van der Waals surface area contributed by atoms with E-state index in [2.05, 4.69) is 31.9 Å². The third-order valence-corrected chi connectivity index (χ3v) is 4.49. The van der Waals surface area contributed by atoms with E-state index in [0.29, 0.717) is 0 Å². The molecule has 2 aliphatic rings. The first-order chi connectivity index (χ1) is 4.33. The second-order valence-electron chi connectivity index (χ2n) is 3.34. The molecule has 2 rings (SSSR count). The fraction of sp³-hybridized carbons (Fsp3) is 1.00. The Morgan fingerprint density at radius 2 is 1.56 bits per heavy atom. The van der Waals surface area contributed by atoms with E-state index >= 15 is 0 Å². The molecular formula is C7H10Br2. The molecule has 1 unspecified atom stereocenters. The van der Waals surface area contributed by atoms with E-state index < -0.39 is 0 Å². The highest BCUT2D eigenvalue weighted by molar-refractivity contribution is 9.09. The number of rotatable bonds is 2. The van der Waals surface area contributed by atoms with Crippen molar-refractivity contribution in [2.45, 2.75) is 12.8 Å². The van der Waals surface area contributed by atoms with Gasteiger partial charge in [0.1, 0.15) is 0 Å². The average molecular weight is 254 g/mol. The Bertz CT molecular complexity index is 117. The van der Waals surface area contributed by atoms with Crippen molar-refractivity contribution >= 4 is 31.9 Å². The van der Waals surface area contributed by atoms with Gasteiger partial charge in [-0.15, -0.1) is 0 Å². The van der Waals surface area contributed by atoms with Crippen LogP contribution >= 0.6 is 31.9 Å². The van der Waals surface area contributed by atoms with Crippen LogP contribution in [0, 0.1) is 17.3 Å². The Morgan fingerprint density at radius 3 is 1.78 bits per heavy atom. The highest BCUT2D eigenvalue weighted by atomic mass is 79.9. The Hall–Kier alpha value is 0.960. The molecule has 0 radical (unpaired) electrons. The number of alkyl halides is 2. The Kier molecular flexibility index (Phi) is 1.46. The third-order valence-electron chi connectivity index (χ3n) is 2.93. The summed E-state index contributed by atoms with van der Waals surface area (Å²) in [5, 5.41) is 2.47. The summed E-state index contributed by atoms with van der Waals surface area (Å²) in [5.41, 5.74) is 0.840. The van der Waals surface area contributed by atoms with Crippen LogP contribution in [-0.4, -0.2) is 10.7 Å². The number of hydrogen-bond acceptors (Lipinski definition) is 0. The van der Waals surface area contributed by atoms with Gasteiger partial charge in [0, 0.05) is 10.7 Å². The first-order valence-electron chi connectivity index (χ1n) is 3.45. The van der Waals surface area contributed by atoms with E-state index in [1.807, 2.05) is 0 Å². The standard InChI is InChI=1S/C7H10Br2/c8-3-5-1-7(5)2-6(7)4-9/h5-6H,1-4H2/t5-,6+,7?. The van der Waals surface area contributed by atoms with Crippen molar-refractivity contribution in [2.75, 3.05) is 10.7 Å². The van der Waals surface area contributed by atoms with Crippen LogP contribution in [0.1, 0.15) is 12.8 Å². The zero-order valence-electron chi connectivity index (χ0n) is 5.24. The van der Waals surface area contributed by atoms with Crippen molar-refractivity contribution < 1.29 is 0 Å². The maximum absolute atomic E-state index is 3.53. The second-order valence-corrected chi connectivity index (χ2v) is 4.64. The van der Waals surface area contributed by atoms with Crippen LogP contribution in [0.5, 0.6) is 0 Å². The van der Waals surface area contributed by atoms with Crippen LogP contribution < -0.4 is 0 Å². The van der Waals surface area contributed by atoms with Crippen LogP contribution in [-0.2, 0) is 0 Å². The van der Waals surface area contributed by atoms with Crippen molar-refractivity contribution in [3.8, 4) is 0 Å². The number of hydrogen-bond donors (Lipinski definition) is 0. The molecule has 3 atom stereocenters. The van der Waals surface area contributed by atoms with Gasteiger partial charge in [0.25, 0.3) is 0 Å². The van der Waals surface area contributed by atoms with Crippen molar-refractivity contribution in [2.24, 2.45) is 17.3 Å². The minimum atomic E-state index is 0.840. The summed E-state index contributed by atoms with van der Waals surface area (Å²) in [6.45, 7) is 0. The molecule has 0 N–H and O–H groups in total. The molecule has 0 amide bonds. The monoisotopic (exact) mass is 252 g/mol. The fourth-order valence-electron chi connectivity index (χ4n) is 1.97. The van der Waals surface area contributed by atoms with Gasteiger partial charge < -0.3 is 0 Å². The van der Waals surface area contributed by atoms with Crippen molar-refractivity contribution in [1.82, 2.24) is 0 Å². The normalized spacial score (nSPS) is 54.0. The van der Waals surface area contributed by atoms with Gasteiger partial charge >= 0.3 is 0 Å². The lowest BCUT2D eigenvalue weighted by atomic mass is 10.3. The van der Waals surface area contributed by atoms with Crippen LogP contribution in [0.3, 0.4) is 0 Å². The molecule has 0 nitrogen and oxygen atoms in total. The summed E-state index contributed by atoms with van der Waals surface area (Å²) >= 11 is 7.07. The molecule has 0 saturated heterocycles. The van der Waals surface area contributed by atoms with Gasteiger partial charge in [-0.1, -0.05) is 31.9 Å². The van der Waals surface area contributed by atoms with Gasteiger partial charge in [-0.05, 0) is 30.1 Å². The van der Waals surface area contributed by atoms with Crippen LogP contribution in [0.15, 0.2) is 0 Å². The van der Waals surface area contributed by atoms with Gasteiger partial charge in [0.2, 0.25) is 0 Å². The smallest absolute Gasteiger partial charge is 0.00652 e. The van der Waals surface area contributed by atoms with Gasteiger partial charge in [-0.2, -0.15) is 0 Å². The molecule has 0 bridgehead atoms. The minimum absolute atomic E-state index is 0.840. The highest BCUT2D eigenvalue weighted by Gasteiger charge is 2.68. The van der Waals surface area contributed by atoms with Crippen LogP contribution in [0.4, 0.5) is 0 Å². The van der Waals surface area contributed by atoms with E-state index in [9.17, 15) is 0 Å². The molecule has 0 heterocycles. The first kappa shape index (κ1) is 6.66. The Morgan fingerprint density at radius 1 is 1.11 bits per heavy atom. The largest absolute Gasteiger partial charge is 0.0925 e. The highest BCUT2D eigenvalue weighted by Crippen LogP contribution is 2.75. The lowest BCUT2D eigenvalue weighted by molar-refractivity contribution is 0.711. The maximum Gasteiger partial charge on any atom is 0.00652 e. The molecule has 2 saturated carbocycles. The molecular weight excluding hydrogens is 244 g/mol. The minimum Gasteiger partial charge on any atom is -0.0925 e. The number of halogens is 2. The summed E-state index contributed by atoms with van der Waals surface area (Å²) in [6, 6.07) is 0. The summed E-state index contributed by atoms with van der Waals surface area (Å²) in [6.07, 6.45) is 2.99. The molecule has 52 valence electrons. The molecule has 9 heavy (non-hydrogen) atoms. The van der Waals surface area contributed by atoms with Gasteiger partial charge in [-0.25, -0.2) is 0 Å². The summed E-state index contributed by atoms with van der Waals surface area (Å²) in [7, 11) is 0. The average Bonchev–Trinajstić information content (AvgIpc) is 2.74. The topological polar surface area (TPSA) is 0 Å². The third kappa shape index (κ3) is 0.823. The van der Waals surface area contributed by atoms with E-state index in [-0.39, 0.29) is 0 Å². The molecule has 2 heteroatoms. The van der Waals surface area contributed by atoms with E-state index in [1.54, 1.807) is 0 Å². The van der Waals surface area contributed by atoms with Gasteiger partial charge in [0.15, 0.2) is 0 Å².